The number of halogens is 2. The van der Waals surface area contributed by atoms with E-state index in [1.807, 2.05) is 32.0 Å². The zero-order chi connectivity index (χ0) is 19.3. The van der Waals surface area contributed by atoms with Gasteiger partial charge >= 0.3 is 0 Å². The number of carbonyl (C=O) groups excluding carboxylic acids is 1. The molecule has 0 fully saturated rings. The highest BCUT2D eigenvalue weighted by molar-refractivity contribution is 7.99. The van der Waals surface area contributed by atoms with Gasteiger partial charge in [0.05, 0.1) is 35.7 Å². The molecule has 1 N–H and O–H groups in total. The molecule has 0 heterocycles. The summed E-state index contributed by atoms with van der Waals surface area (Å²) in [6.45, 7) is 3.87. The summed E-state index contributed by atoms with van der Waals surface area (Å²) >= 11 is 13.9. The van der Waals surface area contributed by atoms with Crippen LogP contribution in [0, 0.1) is 13.8 Å². The van der Waals surface area contributed by atoms with Crippen LogP contribution in [0.1, 0.15) is 16.7 Å². The van der Waals surface area contributed by atoms with Crippen molar-refractivity contribution < 1.29 is 14.3 Å². The van der Waals surface area contributed by atoms with E-state index >= 15 is 0 Å². The van der Waals surface area contributed by atoms with Crippen LogP contribution >= 0.6 is 35.0 Å². The first-order valence-corrected chi connectivity index (χ1v) is 9.82. The summed E-state index contributed by atoms with van der Waals surface area (Å²) in [6, 6.07) is 7.40. The first kappa shape index (κ1) is 20.7. The molecule has 0 unspecified atom stereocenters. The van der Waals surface area contributed by atoms with Gasteiger partial charge in [-0.25, -0.2) is 0 Å². The molecule has 0 aliphatic carbocycles. The number of methoxy groups -OCH3 is 2. The Morgan fingerprint density at radius 1 is 1.08 bits per heavy atom. The number of ether oxygens (including phenoxy) is 2. The lowest BCUT2D eigenvalue weighted by molar-refractivity contribution is -0.113. The largest absolute Gasteiger partial charge is 0.493 e. The summed E-state index contributed by atoms with van der Waals surface area (Å²) in [5.41, 5.74) is 3.49. The minimum atomic E-state index is -0.150. The molecule has 2 rings (SSSR count). The summed E-state index contributed by atoms with van der Waals surface area (Å²) < 4.78 is 10.6. The number of hydrogen-bond acceptors (Lipinski definition) is 4. The summed E-state index contributed by atoms with van der Waals surface area (Å²) in [5.74, 6) is 2.18. The van der Waals surface area contributed by atoms with Crippen LogP contribution in [-0.2, 0) is 10.5 Å². The highest BCUT2D eigenvalue weighted by Gasteiger charge is 2.13. The molecule has 2 aromatic rings. The molecule has 4 nitrogen and oxygen atoms in total. The van der Waals surface area contributed by atoms with Crippen LogP contribution in [0.2, 0.25) is 10.0 Å². The van der Waals surface area contributed by atoms with Gasteiger partial charge in [0, 0.05) is 5.75 Å². The molecular weight excluding hydrogens is 393 g/mol. The lowest BCUT2D eigenvalue weighted by Crippen LogP contribution is -2.15. The van der Waals surface area contributed by atoms with E-state index in [-0.39, 0.29) is 11.7 Å². The monoisotopic (exact) mass is 413 g/mol. The molecule has 0 spiro atoms. The van der Waals surface area contributed by atoms with Crippen molar-refractivity contribution in [1.29, 1.82) is 0 Å². The molecular formula is C19H21Cl2NO3S. The maximum atomic E-state index is 12.2. The van der Waals surface area contributed by atoms with Crippen LogP contribution in [0.25, 0.3) is 0 Å². The highest BCUT2D eigenvalue weighted by atomic mass is 35.5. The lowest BCUT2D eigenvalue weighted by Gasteiger charge is -2.13. The molecule has 26 heavy (non-hydrogen) atoms. The highest BCUT2D eigenvalue weighted by Crippen LogP contribution is 2.34. The van der Waals surface area contributed by atoms with Crippen molar-refractivity contribution in [1.82, 2.24) is 0 Å². The third kappa shape index (κ3) is 5.00. The SMILES string of the molecule is COc1cc(C)c(CSCC(=O)Nc2c(Cl)ccc(C)c2Cl)cc1OC. The fourth-order valence-corrected chi connectivity index (χ4v) is 3.73. The van der Waals surface area contributed by atoms with Gasteiger partial charge < -0.3 is 14.8 Å². The molecule has 140 valence electrons. The van der Waals surface area contributed by atoms with Crippen LogP contribution in [0.15, 0.2) is 24.3 Å². The summed E-state index contributed by atoms with van der Waals surface area (Å²) in [5, 5.41) is 3.68. The Labute approximate surface area is 168 Å². The van der Waals surface area contributed by atoms with Gasteiger partial charge in [0.15, 0.2) is 11.5 Å². The number of rotatable bonds is 7. The van der Waals surface area contributed by atoms with Gasteiger partial charge in [-0.1, -0.05) is 29.3 Å². The third-order valence-corrected chi connectivity index (χ3v) is 5.66. The van der Waals surface area contributed by atoms with Crippen molar-refractivity contribution in [2.24, 2.45) is 0 Å². The average Bonchev–Trinajstić information content (AvgIpc) is 2.63. The third-order valence-electron chi connectivity index (χ3n) is 3.88. The van der Waals surface area contributed by atoms with E-state index in [1.165, 1.54) is 11.8 Å². The molecule has 0 saturated heterocycles. The van der Waals surface area contributed by atoms with Gasteiger partial charge in [-0.2, -0.15) is 0 Å². The Bertz CT molecular complexity index is 812. The quantitative estimate of drug-likeness (QED) is 0.650. The van der Waals surface area contributed by atoms with Crippen LogP contribution in [0.5, 0.6) is 11.5 Å². The van der Waals surface area contributed by atoms with E-state index in [2.05, 4.69) is 5.32 Å². The van der Waals surface area contributed by atoms with E-state index in [0.29, 0.717) is 33.0 Å². The fraction of sp³-hybridized carbons (Fsp3) is 0.316. The Kier molecular flexibility index (Phi) is 7.50. The minimum absolute atomic E-state index is 0.150. The predicted molar refractivity (Wildman–Crippen MR) is 110 cm³/mol. The Morgan fingerprint density at radius 2 is 1.73 bits per heavy atom. The predicted octanol–water partition coefficient (Wildman–Crippen LogP) is 5.50. The number of nitrogens with one attached hydrogen (secondary N) is 1. The first-order valence-electron chi connectivity index (χ1n) is 7.91. The van der Waals surface area contributed by atoms with Crippen molar-refractivity contribution in [3.05, 3.63) is 51.0 Å². The van der Waals surface area contributed by atoms with Crippen molar-refractivity contribution in [3.8, 4) is 11.5 Å². The van der Waals surface area contributed by atoms with Crippen LogP contribution < -0.4 is 14.8 Å². The lowest BCUT2D eigenvalue weighted by atomic mass is 10.1. The van der Waals surface area contributed by atoms with E-state index in [1.54, 1.807) is 20.3 Å². The zero-order valence-electron chi connectivity index (χ0n) is 15.1. The second-order valence-electron chi connectivity index (χ2n) is 5.73. The van der Waals surface area contributed by atoms with Gasteiger partial charge in [0.2, 0.25) is 5.91 Å². The fourth-order valence-electron chi connectivity index (χ4n) is 2.38. The molecule has 7 heteroatoms. The number of hydrogen-bond donors (Lipinski definition) is 1. The average molecular weight is 414 g/mol. The number of anilines is 1. The molecule has 1 amide bonds. The van der Waals surface area contributed by atoms with Gasteiger partial charge in [-0.3, -0.25) is 4.79 Å². The van der Waals surface area contributed by atoms with Gasteiger partial charge in [0.1, 0.15) is 0 Å². The Morgan fingerprint density at radius 3 is 2.38 bits per heavy atom. The van der Waals surface area contributed by atoms with Crippen molar-refractivity contribution >= 4 is 46.6 Å². The van der Waals surface area contributed by atoms with Gasteiger partial charge in [-0.15, -0.1) is 11.8 Å². The Hall–Kier alpha value is -1.56. The van der Waals surface area contributed by atoms with Gasteiger partial charge in [0.25, 0.3) is 0 Å². The molecule has 0 bridgehead atoms. The Balaban J connectivity index is 1.98. The van der Waals surface area contributed by atoms with Crippen LogP contribution in [-0.4, -0.2) is 25.9 Å². The maximum absolute atomic E-state index is 12.2. The molecule has 0 atom stereocenters. The first-order chi connectivity index (χ1) is 12.4. The number of carbonyl (C=O) groups is 1. The molecule has 0 radical (unpaired) electrons. The van der Waals surface area contributed by atoms with E-state index < -0.39 is 0 Å². The smallest absolute Gasteiger partial charge is 0.234 e. The molecule has 2 aromatic carbocycles. The summed E-state index contributed by atoms with van der Waals surface area (Å²) in [6.07, 6.45) is 0. The standard InChI is InChI=1S/C19H21Cl2NO3S/c1-11-5-6-14(20)19(18(11)21)22-17(23)10-26-9-13-8-16(25-4)15(24-3)7-12(13)2/h5-8H,9-10H2,1-4H3,(H,22,23). The summed E-state index contributed by atoms with van der Waals surface area (Å²) in [7, 11) is 3.21. The van der Waals surface area contributed by atoms with E-state index in [0.717, 1.165) is 16.7 Å². The van der Waals surface area contributed by atoms with Gasteiger partial charge in [-0.05, 0) is 48.7 Å². The number of aryl methyl sites for hydroxylation is 2. The number of benzene rings is 2. The van der Waals surface area contributed by atoms with E-state index in [9.17, 15) is 4.79 Å². The topological polar surface area (TPSA) is 47.6 Å². The number of amides is 1. The molecule has 0 aliphatic rings. The second-order valence-corrected chi connectivity index (χ2v) is 7.50. The number of thioether (sulfide) groups is 1. The second kappa shape index (κ2) is 9.40. The normalized spacial score (nSPS) is 10.5. The van der Waals surface area contributed by atoms with E-state index in [4.69, 9.17) is 32.7 Å². The van der Waals surface area contributed by atoms with Crippen LogP contribution in [0.4, 0.5) is 5.69 Å². The molecule has 0 aromatic heterocycles. The molecule has 0 aliphatic heterocycles. The van der Waals surface area contributed by atoms with Crippen LogP contribution in [0.3, 0.4) is 0 Å². The summed E-state index contributed by atoms with van der Waals surface area (Å²) in [4.78, 5) is 12.2. The maximum Gasteiger partial charge on any atom is 0.234 e. The minimum Gasteiger partial charge on any atom is -0.493 e. The van der Waals surface area contributed by atoms with Crippen molar-refractivity contribution in [2.45, 2.75) is 19.6 Å². The van der Waals surface area contributed by atoms with Crippen molar-refractivity contribution in [3.63, 3.8) is 0 Å². The molecule has 0 saturated carbocycles. The van der Waals surface area contributed by atoms with Crippen molar-refractivity contribution in [2.75, 3.05) is 25.3 Å². The zero-order valence-corrected chi connectivity index (χ0v) is 17.4.